The molecule has 0 atom stereocenters. The number of guanidine groups is 1. The van der Waals surface area contributed by atoms with E-state index >= 15 is 0 Å². The summed E-state index contributed by atoms with van der Waals surface area (Å²) in [5.41, 5.74) is 1.27. The van der Waals surface area contributed by atoms with Crippen molar-refractivity contribution in [1.29, 1.82) is 0 Å². The van der Waals surface area contributed by atoms with E-state index < -0.39 is 0 Å². The van der Waals surface area contributed by atoms with Gasteiger partial charge in [-0.1, -0.05) is 19.1 Å². The minimum Gasteiger partial charge on any atom is -0.497 e. The zero-order valence-corrected chi connectivity index (χ0v) is 18.1. The van der Waals surface area contributed by atoms with Crippen molar-refractivity contribution in [3.8, 4) is 5.75 Å². The second kappa shape index (κ2) is 10.3. The average molecular weight is 399 g/mol. The van der Waals surface area contributed by atoms with E-state index in [1.165, 1.54) is 31.2 Å². The summed E-state index contributed by atoms with van der Waals surface area (Å²) in [6.45, 7) is 5.63. The van der Waals surface area contributed by atoms with Gasteiger partial charge in [0.25, 0.3) is 0 Å². The summed E-state index contributed by atoms with van der Waals surface area (Å²) >= 11 is 0. The average Bonchev–Trinajstić information content (AvgIpc) is 3.06. The van der Waals surface area contributed by atoms with Crippen LogP contribution in [0.4, 0.5) is 0 Å². The Balaban J connectivity index is 1.59. The Morgan fingerprint density at radius 2 is 1.90 bits per heavy atom. The van der Waals surface area contributed by atoms with Crippen molar-refractivity contribution in [2.75, 3.05) is 13.7 Å². The van der Waals surface area contributed by atoms with Gasteiger partial charge in [0, 0.05) is 19.6 Å². The lowest BCUT2D eigenvalue weighted by Crippen LogP contribution is -2.45. The Morgan fingerprint density at radius 1 is 1.17 bits per heavy atom. The van der Waals surface area contributed by atoms with E-state index in [0.29, 0.717) is 12.6 Å². The van der Waals surface area contributed by atoms with Gasteiger partial charge in [0.1, 0.15) is 18.1 Å². The molecule has 158 valence electrons. The zero-order chi connectivity index (χ0) is 20.6. The summed E-state index contributed by atoms with van der Waals surface area (Å²) in [4.78, 5) is 4.79. The van der Waals surface area contributed by atoms with Crippen LogP contribution in [0, 0.1) is 12.8 Å². The molecule has 1 aliphatic rings. The lowest BCUT2D eigenvalue weighted by Gasteiger charge is -2.28. The van der Waals surface area contributed by atoms with Crippen LogP contribution in [0.1, 0.15) is 49.8 Å². The summed E-state index contributed by atoms with van der Waals surface area (Å²) in [6.07, 6.45) is 5.88. The molecule has 0 radical (unpaired) electrons. The van der Waals surface area contributed by atoms with Gasteiger partial charge in [0.05, 0.1) is 7.11 Å². The maximum absolute atomic E-state index is 5.23. The van der Waals surface area contributed by atoms with Gasteiger partial charge in [0.2, 0.25) is 0 Å². The van der Waals surface area contributed by atoms with Crippen molar-refractivity contribution in [1.82, 2.24) is 25.4 Å². The first-order valence-corrected chi connectivity index (χ1v) is 10.6. The van der Waals surface area contributed by atoms with Gasteiger partial charge in [-0.25, -0.2) is 4.99 Å². The number of aliphatic imine (C=N–C) groups is 1. The Morgan fingerprint density at radius 3 is 2.52 bits per heavy atom. The largest absolute Gasteiger partial charge is 0.497 e. The summed E-state index contributed by atoms with van der Waals surface area (Å²) in [5.74, 6) is 4.35. The van der Waals surface area contributed by atoms with Crippen LogP contribution in [0.25, 0.3) is 0 Å². The van der Waals surface area contributed by atoms with E-state index in [9.17, 15) is 0 Å². The van der Waals surface area contributed by atoms with Gasteiger partial charge >= 0.3 is 0 Å². The number of nitrogens with zero attached hydrogens (tertiary/aromatic N) is 4. The van der Waals surface area contributed by atoms with Crippen molar-refractivity contribution in [3.63, 3.8) is 0 Å². The molecule has 3 rings (SSSR count). The molecule has 1 aliphatic carbocycles. The zero-order valence-electron chi connectivity index (χ0n) is 18.1. The molecule has 1 aromatic heterocycles. The van der Waals surface area contributed by atoms with Crippen molar-refractivity contribution in [2.24, 2.45) is 18.0 Å². The van der Waals surface area contributed by atoms with Crippen LogP contribution >= 0.6 is 0 Å². The van der Waals surface area contributed by atoms with Crippen molar-refractivity contribution >= 4 is 5.96 Å². The molecule has 1 saturated carbocycles. The maximum Gasteiger partial charge on any atom is 0.191 e. The van der Waals surface area contributed by atoms with Crippen molar-refractivity contribution < 1.29 is 4.74 Å². The third-order valence-corrected chi connectivity index (χ3v) is 5.78. The smallest absolute Gasteiger partial charge is 0.191 e. The first-order chi connectivity index (χ1) is 14.0. The van der Waals surface area contributed by atoms with E-state index in [1.807, 2.05) is 30.7 Å². The number of benzene rings is 1. The molecule has 0 spiro atoms. The number of ether oxygens (including phenoxy) is 1. The molecular formula is C22H34N6O. The molecule has 1 aromatic carbocycles. The standard InChI is InChI=1S/C22H34N6O/c1-16-5-9-19(10-6-16)25-22(24-15-21-27-26-17(2)28(21)3)23-14-13-18-7-11-20(29-4)12-8-18/h7-8,11-12,16,19H,5-6,9-10,13-15H2,1-4H3,(H2,23,24,25). The quantitative estimate of drug-likeness (QED) is 0.554. The Bertz CT molecular complexity index is 790. The highest BCUT2D eigenvalue weighted by Crippen LogP contribution is 2.23. The third-order valence-electron chi connectivity index (χ3n) is 5.78. The number of methoxy groups -OCH3 is 1. The molecule has 7 nitrogen and oxygen atoms in total. The molecule has 2 aromatic rings. The molecule has 2 N–H and O–H groups in total. The predicted molar refractivity (Wildman–Crippen MR) is 116 cm³/mol. The highest BCUT2D eigenvalue weighted by Gasteiger charge is 2.19. The number of aromatic nitrogens is 3. The third kappa shape index (κ3) is 6.21. The summed E-state index contributed by atoms with van der Waals surface area (Å²) in [7, 11) is 3.67. The monoisotopic (exact) mass is 398 g/mol. The number of rotatable bonds is 7. The second-order valence-electron chi connectivity index (χ2n) is 8.01. The topological polar surface area (TPSA) is 76.4 Å². The van der Waals surface area contributed by atoms with E-state index in [4.69, 9.17) is 9.73 Å². The molecule has 0 saturated heterocycles. The SMILES string of the molecule is COc1ccc(CCNC(=NCc2nnc(C)n2C)NC2CCC(C)CC2)cc1. The molecule has 0 unspecified atom stereocenters. The molecular weight excluding hydrogens is 364 g/mol. The fraction of sp³-hybridized carbons (Fsp3) is 0.591. The second-order valence-corrected chi connectivity index (χ2v) is 8.01. The number of nitrogens with one attached hydrogen (secondary N) is 2. The maximum atomic E-state index is 5.23. The van der Waals surface area contributed by atoms with Gasteiger partial charge in [-0.05, 0) is 62.6 Å². The first kappa shape index (κ1) is 21.1. The molecule has 1 heterocycles. The lowest BCUT2D eigenvalue weighted by atomic mass is 9.87. The number of aryl methyl sites for hydroxylation is 1. The molecule has 0 bridgehead atoms. The fourth-order valence-corrected chi connectivity index (χ4v) is 3.61. The molecule has 7 heteroatoms. The van der Waals surface area contributed by atoms with E-state index in [2.05, 4.69) is 39.9 Å². The highest BCUT2D eigenvalue weighted by molar-refractivity contribution is 5.80. The van der Waals surface area contributed by atoms with Crippen molar-refractivity contribution in [3.05, 3.63) is 41.5 Å². The van der Waals surface area contributed by atoms with E-state index in [1.54, 1.807) is 7.11 Å². The van der Waals surface area contributed by atoms with Crippen molar-refractivity contribution in [2.45, 2.75) is 58.5 Å². The van der Waals surface area contributed by atoms with Crippen LogP contribution in [0.15, 0.2) is 29.3 Å². The minimum absolute atomic E-state index is 0.486. The highest BCUT2D eigenvalue weighted by atomic mass is 16.5. The van der Waals surface area contributed by atoms with Crippen LogP contribution in [0.3, 0.4) is 0 Å². The Hall–Kier alpha value is -2.57. The number of hydrogen-bond donors (Lipinski definition) is 2. The van der Waals surface area contributed by atoms with Crippen LogP contribution in [0.5, 0.6) is 5.75 Å². The van der Waals surface area contributed by atoms with E-state index in [-0.39, 0.29) is 0 Å². The normalized spacial score (nSPS) is 19.8. The van der Waals surface area contributed by atoms with Crippen LogP contribution in [0.2, 0.25) is 0 Å². The van der Waals surface area contributed by atoms with Gasteiger partial charge in [0.15, 0.2) is 11.8 Å². The first-order valence-electron chi connectivity index (χ1n) is 10.6. The van der Waals surface area contributed by atoms with Crippen LogP contribution in [-0.4, -0.2) is 40.4 Å². The summed E-state index contributed by atoms with van der Waals surface area (Å²) < 4.78 is 7.22. The minimum atomic E-state index is 0.486. The van der Waals surface area contributed by atoms with Crippen LogP contribution in [-0.2, 0) is 20.0 Å². The van der Waals surface area contributed by atoms with Gasteiger partial charge in [-0.2, -0.15) is 0 Å². The number of hydrogen-bond acceptors (Lipinski definition) is 4. The lowest BCUT2D eigenvalue weighted by molar-refractivity contribution is 0.329. The van der Waals surface area contributed by atoms with Gasteiger partial charge in [-0.3, -0.25) is 0 Å². The molecule has 29 heavy (non-hydrogen) atoms. The van der Waals surface area contributed by atoms with E-state index in [0.717, 1.165) is 42.2 Å². The Kier molecular flexibility index (Phi) is 7.49. The predicted octanol–water partition coefficient (Wildman–Crippen LogP) is 2.99. The summed E-state index contributed by atoms with van der Waals surface area (Å²) in [5, 5.41) is 15.5. The molecule has 0 amide bonds. The Labute approximate surface area is 174 Å². The fourth-order valence-electron chi connectivity index (χ4n) is 3.61. The molecule has 1 fully saturated rings. The summed E-state index contributed by atoms with van der Waals surface area (Å²) in [6, 6.07) is 8.70. The van der Waals surface area contributed by atoms with Gasteiger partial charge < -0.3 is 19.9 Å². The molecule has 0 aliphatic heterocycles. The van der Waals surface area contributed by atoms with Crippen LogP contribution < -0.4 is 15.4 Å². The van der Waals surface area contributed by atoms with Gasteiger partial charge in [-0.15, -0.1) is 10.2 Å².